The summed E-state index contributed by atoms with van der Waals surface area (Å²) < 4.78 is 12.5. The van der Waals surface area contributed by atoms with Crippen molar-refractivity contribution in [2.75, 3.05) is 43.5 Å². The number of halogens is 1. The zero-order valence-corrected chi connectivity index (χ0v) is 27.2. The molecule has 0 bridgehead atoms. The van der Waals surface area contributed by atoms with E-state index in [1.54, 1.807) is 66.3 Å². The third kappa shape index (κ3) is 6.97. The third-order valence-electron chi connectivity index (χ3n) is 7.67. The summed E-state index contributed by atoms with van der Waals surface area (Å²) in [6.07, 6.45) is 3.00. The lowest BCUT2D eigenvalue weighted by molar-refractivity contribution is -0.825. The number of hydrogen-bond acceptors (Lipinski definition) is 9. The molecule has 0 atom stereocenters. The topological polar surface area (TPSA) is 155 Å². The van der Waals surface area contributed by atoms with Crippen LogP contribution in [0.4, 0.5) is 17.1 Å². The number of carbonyl (C=O) groups is 2. The van der Waals surface area contributed by atoms with Gasteiger partial charge in [0.25, 0.3) is 11.8 Å². The molecular weight excluding hydrogens is 624 g/mol. The van der Waals surface area contributed by atoms with Crippen LogP contribution in [0.5, 0.6) is 5.75 Å². The Bertz CT molecular complexity index is 1830. The average Bonchev–Trinajstić information content (AvgIpc) is 3.80. The van der Waals surface area contributed by atoms with E-state index in [0.29, 0.717) is 82.2 Å². The highest BCUT2D eigenvalue weighted by atomic mass is 35.5. The molecule has 2 aromatic heterocycles. The van der Waals surface area contributed by atoms with E-state index < -0.39 is 0 Å². The quantitative estimate of drug-likeness (QED) is 0.159. The van der Waals surface area contributed by atoms with Gasteiger partial charge < -0.3 is 24.4 Å². The molecule has 14 heteroatoms. The fourth-order valence-corrected chi connectivity index (χ4v) is 5.58. The highest BCUT2D eigenvalue weighted by Gasteiger charge is 2.30. The largest absolute Gasteiger partial charge is 0.496 e. The van der Waals surface area contributed by atoms with E-state index in [0.717, 1.165) is 11.2 Å². The minimum absolute atomic E-state index is 0.187. The second-order valence-electron chi connectivity index (χ2n) is 10.3. The number of anilines is 2. The molecule has 4 N–H and O–H groups in total. The minimum Gasteiger partial charge on any atom is -0.496 e. The molecule has 1 aliphatic rings. The normalized spacial score (nSPS) is 12.7. The first-order valence-corrected chi connectivity index (χ1v) is 15.5. The Morgan fingerprint density at radius 3 is 2.43 bits per heavy atom. The van der Waals surface area contributed by atoms with Crippen LogP contribution in [0.15, 0.2) is 77.8 Å². The van der Waals surface area contributed by atoms with Crippen LogP contribution in [0.3, 0.4) is 0 Å². The summed E-state index contributed by atoms with van der Waals surface area (Å²) >= 11 is 6.64. The number of quaternary nitrogens is 1. The van der Waals surface area contributed by atoms with E-state index in [1.165, 1.54) is 6.33 Å². The van der Waals surface area contributed by atoms with Crippen LogP contribution < -0.4 is 20.4 Å². The number of amides is 2. The maximum absolute atomic E-state index is 13.7. The SMILES string of the molecule is CC.COc1ccccc1-c1noc(C)c1C(=O)N1CCN(c2cc(NC(=O)c3ccc(-n4cncn4)cc3)c([NH2+]O)cc2Cl)CC1. The van der Waals surface area contributed by atoms with Gasteiger partial charge in [-0.2, -0.15) is 10.6 Å². The van der Waals surface area contributed by atoms with Gasteiger partial charge in [-0.25, -0.2) is 14.9 Å². The Morgan fingerprint density at radius 2 is 1.77 bits per heavy atom. The summed E-state index contributed by atoms with van der Waals surface area (Å²) in [6, 6.07) is 17.6. The van der Waals surface area contributed by atoms with Gasteiger partial charge in [-0.15, -0.1) is 0 Å². The molecule has 5 aromatic rings. The molecule has 0 radical (unpaired) electrons. The summed E-state index contributed by atoms with van der Waals surface area (Å²) in [4.78, 5) is 34.6. The van der Waals surface area contributed by atoms with Gasteiger partial charge in [0.1, 0.15) is 41.1 Å². The van der Waals surface area contributed by atoms with E-state index in [4.69, 9.17) is 20.9 Å². The Balaban J connectivity index is 0.00000213. The third-order valence-corrected chi connectivity index (χ3v) is 7.97. The van der Waals surface area contributed by atoms with Crippen molar-refractivity contribution in [1.29, 1.82) is 0 Å². The van der Waals surface area contributed by atoms with Gasteiger partial charge in [0.2, 0.25) is 0 Å². The fraction of sp³-hybridized carbons (Fsp3) is 0.242. The van der Waals surface area contributed by atoms with Crippen molar-refractivity contribution in [2.45, 2.75) is 20.8 Å². The lowest BCUT2D eigenvalue weighted by atomic mass is 10.0. The number of aromatic nitrogens is 4. The maximum Gasteiger partial charge on any atom is 0.259 e. The number of piperazine rings is 1. The Hall–Kier alpha value is -5.24. The van der Waals surface area contributed by atoms with E-state index >= 15 is 0 Å². The first-order valence-electron chi connectivity index (χ1n) is 15.1. The minimum atomic E-state index is -0.359. The van der Waals surface area contributed by atoms with Crippen LogP contribution in [-0.4, -0.2) is 75.1 Å². The van der Waals surface area contributed by atoms with Gasteiger partial charge in [0, 0.05) is 43.4 Å². The molecule has 1 aliphatic heterocycles. The van der Waals surface area contributed by atoms with Crippen molar-refractivity contribution >= 4 is 40.5 Å². The van der Waals surface area contributed by atoms with E-state index in [2.05, 4.69) is 20.6 Å². The lowest BCUT2D eigenvalue weighted by Crippen LogP contribution is -2.74. The van der Waals surface area contributed by atoms with Crippen LogP contribution in [0.2, 0.25) is 5.02 Å². The second kappa shape index (κ2) is 14.9. The summed E-state index contributed by atoms with van der Waals surface area (Å²) in [7, 11) is 1.57. The zero-order valence-electron chi connectivity index (χ0n) is 26.5. The van der Waals surface area contributed by atoms with Crippen molar-refractivity contribution in [3.63, 3.8) is 0 Å². The van der Waals surface area contributed by atoms with Gasteiger partial charge >= 0.3 is 0 Å². The van der Waals surface area contributed by atoms with Crippen LogP contribution >= 0.6 is 11.6 Å². The highest BCUT2D eigenvalue weighted by Crippen LogP contribution is 2.36. The number of rotatable bonds is 8. The number of benzene rings is 3. The van der Waals surface area contributed by atoms with Crippen LogP contribution in [0.1, 0.15) is 40.3 Å². The molecule has 13 nitrogen and oxygen atoms in total. The molecule has 0 aliphatic carbocycles. The highest BCUT2D eigenvalue weighted by molar-refractivity contribution is 6.33. The molecule has 0 unspecified atom stereocenters. The average molecular weight is 660 g/mol. The van der Waals surface area contributed by atoms with Crippen LogP contribution in [0.25, 0.3) is 16.9 Å². The molecule has 3 aromatic carbocycles. The van der Waals surface area contributed by atoms with Crippen LogP contribution in [0, 0.1) is 6.92 Å². The van der Waals surface area contributed by atoms with Crippen molar-refractivity contribution < 1.29 is 29.5 Å². The molecule has 6 rings (SSSR count). The number of hydrogen-bond donors (Lipinski definition) is 3. The first kappa shape index (κ1) is 33.1. The van der Waals surface area contributed by atoms with Crippen molar-refractivity contribution in [2.24, 2.45) is 0 Å². The number of para-hydroxylation sites is 1. The summed E-state index contributed by atoms with van der Waals surface area (Å²) in [5.74, 6) is 0.473. The smallest absolute Gasteiger partial charge is 0.259 e. The lowest BCUT2D eigenvalue weighted by Gasteiger charge is -2.36. The molecule has 1 saturated heterocycles. The maximum atomic E-state index is 13.7. The van der Waals surface area contributed by atoms with Gasteiger partial charge in [0.05, 0.1) is 23.5 Å². The summed E-state index contributed by atoms with van der Waals surface area (Å²) in [5.41, 5.74) is 5.00. The molecule has 0 saturated carbocycles. The molecule has 0 spiro atoms. The van der Waals surface area contributed by atoms with E-state index in [-0.39, 0.29) is 11.8 Å². The van der Waals surface area contributed by atoms with Crippen molar-refractivity contribution in [1.82, 2.24) is 24.8 Å². The van der Waals surface area contributed by atoms with E-state index in [1.807, 2.05) is 43.0 Å². The summed E-state index contributed by atoms with van der Waals surface area (Å²) in [6.45, 7) is 7.52. The van der Waals surface area contributed by atoms with Crippen molar-refractivity contribution in [3.8, 4) is 22.7 Å². The predicted molar refractivity (Wildman–Crippen MR) is 177 cm³/mol. The van der Waals surface area contributed by atoms with Gasteiger partial charge in [0.15, 0.2) is 5.69 Å². The first-order chi connectivity index (χ1) is 22.9. The van der Waals surface area contributed by atoms with Crippen molar-refractivity contribution in [3.05, 3.63) is 95.2 Å². The Labute approximate surface area is 276 Å². The second-order valence-corrected chi connectivity index (χ2v) is 10.7. The molecule has 2 amide bonds. The molecular formula is C33H36ClN8O5+. The number of nitrogens with zero attached hydrogens (tertiary/aromatic N) is 6. The number of aryl methyl sites for hydroxylation is 1. The molecule has 244 valence electrons. The number of methoxy groups -OCH3 is 1. The number of ether oxygens (including phenoxy) is 1. The van der Waals surface area contributed by atoms with Gasteiger partial charge in [-0.1, -0.05) is 42.7 Å². The zero-order chi connectivity index (χ0) is 33.5. The monoisotopic (exact) mass is 659 g/mol. The summed E-state index contributed by atoms with van der Waals surface area (Å²) in [5, 5.41) is 21.4. The number of carbonyl (C=O) groups excluding carboxylic acids is 2. The Kier molecular flexibility index (Phi) is 10.5. The number of nitrogens with two attached hydrogens (primary N) is 1. The Morgan fingerprint density at radius 1 is 1.04 bits per heavy atom. The predicted octanol–water partition coefficient (Wildman–Crippen LogP) is 4.72. The fourth-order valence-electron chi connectivity index (χ4n) is 5.29. The molecule has 1 fully saturated rings. The van der Waals surface area contributed by atoms with Crippen LogP contribution in [-0.2, 0) is 0 Å². The molecule has 47 heavy (non-hydrogen) atoms. The van der Waals surface area contributed by atoms with E-state index in [9.17, 15) is 14.8 Å². The molecule has 3 heterocycles. The number of nitrogens with one attached hydrogen (secondary N) is 1. The standard InChI is InChI=1S/C31H29ClN8O5.C2H6/c1-19-28(29(37-45-19)22-5-3-4-6-27(22)44-2)31(42)39-13-11-38(12-14-39)26-16-24(25(36-43)15-23(26)32)35-30(41)20-7-9-21(10-8-20)40-18-33-17-34-40;1-2/h3-10,15-18,36,43H,11-14H2,1-2H3,(H,35,41);1-2H3/p+1. The van der Waals surface area contributed by atoms with Gasteiger partial charge in [-0.05, 0) is 49.4 Å². The van der Waals surface area contributed by atoms with Gasteiger partial charge in [-0.3, -0.25) is 9.59 Å².